The van der Waals surface area contributed by atoms with Crippen molar-refractivity contribution < 1.29 is 4.74 Å². The van der Waals surface area contributed by atoms with Crippen LogP contribution in [-0.4, -0.2) is 0 Å². The molecule has 2 heteroatoms. The highest BCUT2D eigenvalue weighted by Gasteiger charge is 2.05. The number of fused-ring (bicyclic) bond motifs is 1. The summed E-state index contributed by atoms with van der Waals surface area (Å²) in [4.78, 5) is 0. The van der Waals surface area contributed by atoms with Crippen LogP contribution in [0.2, 0.25) is 0 Å². The average molecular weight is 263 g/mol. The number of nitrogen functional groups attached to an aromatic ring is 1. The van der Waals surface area contributed by atoms with Gasteiger partial charge in [-0.15, -0.1) is 0 Å². The smallest absolute Gasteiger partial charge is 0.130 e. The molecule has 0 aliphatic carbocycles. The van der Waals surface area contributed by atoms with E-state index in [1.54, 1.807) is 0 Å². The normalized spacial score (nSPS) is 10.7. The number of anilines is 1. The van der Waals surface area contributed by atoms with Crippen LogP contribution in [0.3, 0.4) is 0 Å². The predicted molar refractivity (Wildman–Crippen MR) is 84.4 cm³/mol. The minimum atomic E-state index is 0.799. The maximum atomic E-state index is 6.00. The van der Waals surface area contributed by atoms with Crippen molar-refractivity contribution in [2.24, 2.45) is 0 Å². The fourth-order valence-electron chi connectivity index (χ4n) is 2.28. The number of ether oxygens (including phenoxy) is 1. The van der Waals surface area contributed by atoms with E-state index in [1.807, 2.05) is 44.2 Å². The molecule has 0 amide bonds. The number of hydrogen-bond donors (Lipinski definition) is 1. The highest BCUT2D eigenvalue weighted by molar-refractivity contribution is 5.83. The summed E-state index contributed by atoms with van der Waals surface area (Å²) in [5, 5.41) is 2.39. The number of hydrogen-bond acceptors (Lipinski definition) is 2. The van der Waals surface area contributed by atoms with Gasteiger partial charge in [0.1, 0.15) is 11.5 Å². The van der Waals surface area contributed by atoms with E-state index in [0.29, 0.717) is 0 Å². The third-order valence-electron chi connectivity index (χ3n) is 3.51. The van der Waals surface area contributed by atoms with Gasteiger partial charge in [-0.05, 0) is 60.0 Å². The molecule has 0 radical (unpaired) electrons. The van der Waals surface area contributed by atoms with Crippen LogP contribution in [-0.2, 0) is 0 Å². The van der Waals surface area contributed by atoms with Gasteiger partial charge >= 0.3 is 0 Å². The molecular weight excluding hydrogens is 246 g/mol. The minimum absolute atomic E-state index is 0.799. The third kappa shape index (κ3) is 2.32. The van der Waals surface area contributed by atoms with Gasteiger partial charge in [-0.3, -0.25) is 0 Å². The van der Waals surface area contributed by atoms with Crippen molar-refractivity contribution in [2.75, 3.05) is 5.73 Å². The Hall–Kier alpha value is -2.48. The fourth-order valence-corrected chi connectivity index (χ4v) is 2.28. The van der Waals surface area contributed by atoms with Gasteiger partial charge in [-0.25, -0.2) is 0 Å². The summed E-state index contributed by atoms with van der Waals surface area (Å²) in [6, 6.07) is 18.3. The molecule has 100 valence electrons. The first kappa shape index (κ1) is 12.5. The lowest BCUT2D eigenvalue weighted by Crippen LogP contribution is -1.94. The molecule has 0 aliphatic rings. The van der Waals surface area contributed by atoms with E-state index in [2.05, 4.69) is 24.3 Å². The first-order valence-corrected chi connectivity index (χ1v) is 6.67. The van der Waals surface area contributed by atoms with Crippen LogP contribution in [0.4, 0.5) is 5.69 Å². The molecule has 0 unspecified atom stereocenters. The van der Waals surface area contributed by atoms with E-state index in [9.17, 15) is 0 Å². The third-order valence-corrected chi connectivity index (χ3v) is 3.51. The SMILES string of the molecule is Cc1cc(Oc2ccc3ccccc3c2)c(C)cc1N. The van der Waals surface area contributed by atoms with E-state index >= 15 is 0 Å². The van der Waals surface area contributed by atoms with Gasteiger partial charge in [-0.1, -0.05) is 30.3 Å². The van der Waals surface area contributed by atoms with Crippen molar-refractivity contribution in [1.29, 1.82) is 0 Å². The van der Waals surface area contributed by atoms with Crippen molar-refractivity contribution in [1.82, 2.24) is 0 Å². The average Bonchev–Trinajstić information content (AvgIpc) is 2.44. The Labute approximate surface area is 118 Å². The zero-order chi connectivity index (χ0) is 14.1. The largest absolute Gasteiger partial charge is 0.457 e. The summed E-state index contributed by atoms with van der Waals surface area (Å²) in [6.07, 6.45) is 0. The number of benzene rings is 3. The topological polar surface area (TPSA) is 35.2 Å². The fraction of sp³-hybridized carbons (Fsp3) is 0.111. The summed E-state index contributed by atoms with van der Waals surface area (Å²) < 4.78 is 6.00. The Morgan fingerprint density at radius 1 is 0.800 bits per heavy atom. The van der Waals surface area contributed by atoms with Gasteiger partial charge in [0.2, 0.25) is 0 Å². The Bertz CT molecular complexity index is 777. The van der Waals surface area contributed by atoms with Gasteiger partial charge in [0.05, 0.1) is 0 Å². The van der Waals surface area contributed by atoms with E-state index in [4.69, 9.17) is 10.5 Å². The lowest BCUT2D eigenvalue weighted by atomic mass is 10.1. The van der Waals surface area contributed by atoms with Crippen LogP contribution in [0.15, 0.2) is 54.6 Å². The minimum Gasteiger partial charge on any atom is -0.457 e. The molecular formula is C18H17NO. The number of aryl methyl sites for hydroxylation is 2. The van der Waals surface area contributed by atoms with Gasteiger partial charge in [0.25, 0.3) is 0 Å². The van der Waals surface area contributed by atoms with Crippen LogP contribution >= 0.6 is 0 Å². The summed E-state index contributed by atoms with van der Waals surface area (Å²) >= 11 is 0. The van der Waals surface area contributed by atoms with E-state index in [0.717, 1.165) is 28.3 Å². The second-order valence-corrected chi connectivity index (χ2v) is 5.09. The molecule has 3 rings (SSSR count). The standard InChI is InChI=1S/C18H17NO/c1-12-10-18(13(2)9-17(12)19)20-16-8-7-14-5-3-4-6-15(14)11-16/h3-11H,19H2,1-2H3. The monoisotopic (exact) mass is 263 g/mol. The van der Waals surface area contributed by atoms with Crippen molar-refractivity contribution in [3.8, 4) is 11.5 Å². The molecule has 2 nitrogen and oxygen atoms in total. The molecule has 0 spiro atoms. The molecule has 3 aromatic carbocycles. The Morgan fingerprint density at radius 3 is 2.35 bits per heavy atom. The second-order valence-electron chi connectivity index (χ2n) is 5.09. The molecule has 2 N–H and O–H groups in total. The first-order valence-electron chi connectivity index (χ1n) is 6.67. The zero-order valence-electron chi connectivity index (χ0n) is 11.7. The predicted octanol–water partition coefficient (Wildman–Crippen LogP) is 4.83. The Morgan fingerprint density at radius 2 is 1.55 bits per heavy atom. The molecule has 0 fully saturated rings. The maximum absolute atomic E-state index is 6.00. The number of nitrogens with two attached hydrogens (primary N) is 1. The molecule has 0 atom stereocenters. The van der Waals surface area contributed by atoms with Crippen LogP contribution in [0, 0.1) is 13.8 Å². The summed E-state index contributed by atoms with van der Waals surface area (Å²) in [5.74, 6) is 1.70. The van der Waals surface area contributed by atoms with Crippen LogP contribution in [0.25, 0.3) is 10.8 Å². The van der Waals surface area contributed by atoms with Crippen molar-refractivity contribution in [2.45, 2.75) is 13.8 Å². The van der Waals surface area contributed by atoms with Crippen LogP contribution < -0.4 is 10.5 Å². The maximum Gasteiger partial charge on any atom is 0.130 e. The molecule has 0 aromatic heterocycles. The van der Waals surface area contributed by atoms with Gasteiger partial charge in [0.15, 0.2) is 0 Å². The lowest BCUT2D eigenvalue weighted by Gasteiger charge is -2.12. The molecule has 3 aromatic rings. The van der Waals surface area contributed by atoms with Crippen LogP contribution in [0.1, 0.15) is 11.1 Å². The van der Waals surface area contributed by atoms with Crippen LogP contribution in [0.5, 0.6) is 11.5 Å². The Kier molecular flexibility index (Phi) is 3.07. The first-order chi connectivity index (χ1) is 9.63. The molecule has 20 heavy (non-hydrogen) atoms. The molecule has 0 saturated heterocycles. The highest BCUT2D eigenvalue weighted by atomic mass is 16.5. The van der Waals surface area contributed by atoms with Gasteiger partial charge in [0, 0.05) is 5.69 Å². The quantitative estimate of drug-likeness (QED) is 0.672. The second kappa shape index (κ2) is 4.89. The molecule has 0 aliphatic heterocycles. The summed E-state index contributed by atoms with van der Waals surface area (Å²) in [5.41, 5.74) is 8.78. The van der Waals surface area contributed by atoms with E-state index in [1.165, 1.54) is 10.8 Å². The molecule has 0 saturated carbocycles. The Balaban J connectivity index is 1.99. The van der Waals surface area contributed by atoms with Gasteiger partial charge in [-0.2, -0.15) is 0 Å². The molecule has 0 bridgehead atoms. The van der Waals surface area contributed by atoms with Crippen molar-refractivity contribution >= 4 is 16.5 Å². The van der Waals surface area contributed by atoms with Crippen molar-refractivity contribution in [3.63, 3.8) is 0 Å². The zero-order valence-corrected chi connectivity index (χ0v) is 11.7. The number of rotatable bonds is 2. The summed E-state index contributed by atoms with van der Waals surface area (Å²) in [7, 11) is 0. The summed E-state index contributed by atoms with van der Waals surface area (Å²) in [6.45, 7) is 3.99. The van der Waals surface area contributed by atoms with Gasteiger partial charge < -0.3 is 10.5 Å². The highest BCUT2D eigenvalue weighted by Crippen LogP contribution is 2.30. The van der Waals surface area contributed by atoms with Crippen molar-refractivity contribution in [3.05, 3.63) is 65.7 Å². The lowest BCUT2D eigenvalue weighted by molar-refractivity contribution is 0.479. The van der Waals surface area contributed by atoms with E-state index in [-0.39, 0.29) is 0 Å². The van der Waals surface area contributed by atoms with E-state index < -0.39 is 0 Å². The molecule has 0 heterocycles.